The van der Waals surface area contributed by atoms with Crippen LogP contribution >= 0.6 is 0 Å². The third-order valence-corrected chi connectivity index (χ3v) is 6.97. The summed E-state index contributed by atoms with van der Waals surface area (Å²) in [6.45, 7) is 1.09. The molecule has 3 rings (SSSR count). The average Bonchev–Trinajstić information content (AvgIpc) is 2.85. The van der Waals surface area contributed by atoms with E-state index < -0.39 is 0 Å². The van der Waals surface area contributed by atoms with E-state index >= 15 is 0 Å². The molecule has 0 radical (unpaired) electrons. The van der Waals surface area contributed by atoms with Gasteiger partial charge in [-0.3, -0.25) is 0 Å². The second kappa shape index (κ2) is 16.7. The molecule has 184 valence electrons. The van der Waals surface area contributed by atoms with Gasteiger partial charge >= 0.3 is 0 Å². The minimum Gasteiger partial charge on any atom is -1.00 e. The van der Waals surface area contributed by atoms with Crippen LogP contribution in [0.4, 0.5) is 0 Å². The van der Waals surface area contributed by atoms with E-state index in [1.54, 1.807) is 0 Å². The molecule has 0 atom stereocenters. The summed E-state index contributed by atoms with van der Waals surface area (Å²) in [5.41, 5.74) is 8.61. The molecular weight excluding hydrogens is 478 g/mol. The van der Waals surface area contributed by atoms with Crippen molar-refractivity contribution in [3.05, 3.63) is 108 Å². The van der Waals surface area contributed by atoms with E-state index in [9.17, 15) is 0 Å². The van der Waals surface area contributed by atoms with Gasteiger partial charge in [0.25, 0.3) is 0 Å². The van der Waals surface area contributed by atoms with E-state index in [-0.39, 0.29) is 22.4 Å². The maximum atomic E-state index is 3.96. The van der Waals surface area contributed by atoms with E-state index in [2.05, 4.69) is 96.7 Å². The fraction of sp³-hybridized carbons (Fsp3) is 0.438. The van der Waals surface area contributed by atoms with Gasteiger partial charge in [-0.25, -0.2) is 0 Å². The Morgan fingerprint density at radius 1 is 0.441 bits per heavy atom. The van der Waals surface area contributed by atoms with Crippen LogP contribution in [0, 0.1) is 5.41 Å². The summed E-state index contributed by atoms with van der Waals surface area (Å²) in [7, 11) is 0. The number of rotatable bonds is 16. The second-order valence-electron chi connectivity index (χ2n) is 9.92. The lowest BCUT2D eigenvalue weighted by Crippen LogP contribution is -3.00. The van der Waals surface area contributed by atoms with Crippen LogP contribution < -0.4 is 22.7 Å². The van der Waals surface area contributed by atoms with Crippen molar-refractivity contribution < 1.29 is 22.7 Å². The Morgan fingerprint density at radius 2 is 0.765 bits per heavy atom. The predicted octanol–water partition coefficient (Wildman–Crippen LogP) is 4.46. The molecule has 2 heteroatoms. The van der Waals surface area contributed by atoms with Gasteiger partial charge in [0.1, 0.15) is 0 Å². The van der Waals surface area contributed by atoms with E-state index in [1.807, 2.05) is 0 Å². The van der Waals surface area contributed by atoms with Gasteiger partial charge in [0.15, 0.2) is 0 Å². The molecule has 0 amide bonds. The van der Waals surface area contributed by atoms with Crippen molar-refractivity contribution in [1.82, 2.24) is 0 Å². The molecule has 0 fully saturated rings. The van der Waals surface area contributed by atoms with E-state index in [1.165, 1.54) is 74.5 Å². The van der Waals surface area contributed by atoms with Gasteiger partial charge in [0, 0.05) is 0 Å². The molecule has 0 aromatic heterocycles. The smallest absolute Gasteiger partial charge is 0.0739 e. The third-order valence-electron chi connectivity index (χ3n) is 6.97. The van der Waals surface area contributed by atoms with Gasteiger partial charge < -0.3 is 22.7 Å². The van der Waals surface area contributed by atoms with Crippen LogP contribution in [-0.2, 0) is 19.3 Å². The Morgan fingerprint density at radius 3 is 1.12 bits per heavy atom. The molecule has 1 nitrogen and oxygen atoms in total. The van der Waals surface area contributed by atoms with Gasteiger partial charge in [0.05, 0.1) is 6.54 Å². The zero-order valence-corrected chi connectivity index (χ0v) is 22.5. The number of hydrogen-bond donors (Lipinski definition) is 1. The van der Waals surface area contributed by atoms with Gasteiger partial charge in [-0.15, -0.1) is 0 Å². The minimum atomic E-state index is 0. The first kappa shape index (κ1) is 28.3. The largest absolute Gasteiger partial charge is 1.00 e. The van der Waals surface area contributed by atoms with Crippen LogP contribution in [0.25, 0.3) is 0 Å². The lowest BCUT2D eigenvalue weighted by atomic mass is 9.69. The van der Waals surface area contributed by atoms with Gasteiger partial charge in [-0.2, -0.15) is 0 Å². The van der Waals surface area contributed by atoms with E-state index in [0.717, 1.165) is 25.8 Å². The van der Waals surface area contributed by atoms with E-state index in [4.69, 9.17) is 0 Å². The Bertz CT molecular complexity index is 762. The van der Waals surface area contributed by atoms with Crippen LogP contribution in [0.5, 0.6) is 0 Å². The first-order valence-electron chi connectivity index (χ1n) is 13.2. The maximum Gasteiger partial charge on any atom is 0.0739 e. The fourth-order valence-corrected chi connectivity index (χ4v) is 5.28. The molecule has 34 heavy (non-hydrogen) atoms. The topological polar surface area (TPSA) is 27.6 Å². The Kier molecular flexibility index (Phi) is 13.9. The first-order chi connectivity index (χ1) is 16.3. The van der Waals surface area contributed by atoms with Crippen LogP contribution in [0.3, 0.4) is 0 Å². The molecule has 0 saturated carbocycles. The zero-order chi connectivity index (χ0) is 23.0. The Hall–Kier alpha value is -1.90. The summed E-state index contributed by atoms with van der Waals surface area (Å²) in [5, 5.41) is 0. The molecule has 0 aliphatic heterocycles. The quantitative estimate of drug-likeness (QED) is 0.269. The number of halogens is 1. The molecule has 0 unspecified atom stereocenters. The number of unbranched alkanes of at least 4 members (excludes halogenated alkanes) is 7. The monoisotopic (exact) mass is 521 g/mol. The predicted molar refractivity (Wildman–Crippen MR) is 142 cm³/mol. The average molecular weight is 523 g/mol. The summed E-state index contributed by atoms with van der Waals surface area (Å²) in [5.74, 6) is 0. The Labute approximate surface area is 219 Å². The van der Waals surface area contributed by atoms with Gasteiger partial charge in [-0.1, -0.05) is 130 Å². The molecule has 3 aromatic rings. The number of hydrogen-bond acceptors (Lipinski definition) is 0. The highest BCUT2D eigenvalue weighted by molar-refractivity contribution is 5.24. The SMILES string of the molecule is [Br-].[NH3+]CCCCCCCCCCC(Cc1ccccc1)(Cc1ccccc1)Cc1ccccc1. The van der Waals surface area contributed by atoms with Crippen LogP contribution in [0.1, 0.15) is 74.5 Å². The number of quaternary nitrogens is 1. The molecule has 0 heterocycles. The van der Waals surface area contributed by atoms with Crippen LogP contribution in [-0.4, -0.2) is 6.54 Å². The summed E-state index contributed by atoms with van der Waals surface area (Å²) >= 11 is 0. The van der Waals surface area contributed by atoms with Crippen LogP contribution in [0.15, 0.2) is 91.0 Å². The van der Waals surface area contributed by atoms with Crippen molar-refractivity contribution >= 4 is 0 Å². The van der Waals surface area contributed by atoms with E-state index in [0.29, 0.717) is 0 Å². The summed E-state index contributed by atoms with van der Waals surface area (Å²) in [6.07, 6.45) is 15.6. The maximum absolute atomic E-state index is 3.96. The molecular formula is C32H44BrN. The number of benzene rings is 3. The molecule has 3 N–H and O–H groups in total. The molecule has 0 aliphatic rings. The van der Waals surface area contributed by atoms with Crippen LogP contribution in [0.2, 0.25) is 0 Å². The lowest BCUT2D eigenvalue weighted by molar-refractivity contribution is -0.368. The zero-order valence-electron chi connectivity index (χ0n) is 20.9. The van der Waals surface area contributed by atoms with Crippen molar-refractivity contribution in [2.24, 2.45) is 5.41 Å². The molecule has 0 aliphatic carbocycles. The summed E-state index contributed by atoms with van der Waals surface area (Å²) in [6, 6.07) is 33.5. The van der Waals surface area contributed by atoms with Crippen molar-refractivity contribution in [2.45, 2.75) is 77.0 Å². The molecule has 0 bridgehead atoms. The minimum absolute atomic E-state index is 0. The first-order valence-corrected chi connectivity index (χ1v) is 13.2. The molecule has 3 aromatic carbocycles. The highest BCUT2D eigenvalue weighted by Gasteiger charge is 2.30. The van der Waals surface area contributed by atoms with Gasteiger partial charge in [-0.05, 0) is 60.6 Å². The normalized spacial score (nSPS) is 11.2. The fourth-order valence-electron chi connectivity index (χ4n) is 5.28. The standard InChI is InChI=1S/C32H43N.BrH/c33-25-17-6-4-2-1-3-5-16-24-32(26-29-18-10-7-11-19-29,27-30-20-12-8-13-21-30)28-31-22-14-9-15-23-31;/h7-15,18-23H,1-6,16-17,24-28,33H2;1H. The highest BCUT2D eigenvalue weighted by atomic mass is 79.9. The summed E-state index contributed by atoms with van der Waals surface area (Å²) < 4.78 is 0. The lowest BCUT2D eigenvalue weighted by Gasteiger charge is -2.35. The summed E-state index contributed by atoms with van der Waals surface area (Å²) in [4.78, 5) is 0. The molecule has 0 saturated heterocycles. The Balaban J connectivity index is 0.00000408. The molecule has 0 spiro atoms. The van der Waals surface area contributed by atoms with Crippen molar-refractivity contribution in [1.29, 1.82) is 0 Å². The van der Waals surface area contributed by atoms with Crippen molar-refractivity contribution in [3.63, 3.8) is 0 Å². The second-order valence-corrected chi connectivity index (χ2v) is 9.92. The highest BCUT2D eigenvalue weighted by Crippen LogP contribution is 2.37. The van der Waals surface area contributed by atoms with Gasteiger partial charge in [0.2, 0.25) is 0 Å². The van der Waals surface area contributed by atoms with Crippen molar-refractivity contribution in [3.8, 4) is 0 Å². The third kappa shape index (κ3) is 10.6. The van der Waals surface area contributed by atoms with Crippen molar-refractivity contribution in [2.75, 3.05) is 6.54 Å².